The molecule has 0 aliphatic rings. The van der Waals surface area contributed by atoms with Gasteiger partial charge < -0.3 is 19.5 Å². The molecule has 4 aromatic carbocycles. The van der Waals surface area contributed by atoms with Crippen LogP contribution in [0.15, 0.2) is 96.6 Å². The fraction of sp³-hybridized carbons (Fsp3) is 0.0968. The predicted molar refractivity (Wildman–Crippen MR) is 163 cm³/mol. The summed E-state index contributed by atoms with van der Waals surface area (Å²) in [6, 6.07) is 28.2. The number of nitrogens with one attached hydrogen (secondary N) is 1. The number of ether oxygens (including phenoxy) is 3. The number of halogens is 1. The van der Waals surface area contributed by atoms with Crippen molar-refractivity contribution in [3.63, 3.8) is 0 Å². The minimum atomic E-state index is -0.564. The van der Waals surface area contributed by atoms with Gasteiger partial charge >= 0.3 is 0 Å². The molecule has 0 aromatic heterocycles. The SMILES string of the molecule is COc1cc(/C=C(\C#N)C(=O)Nc2ccc(OCc3ccccc3)cc2)cc(I)c1OCc1cccc([N+](=O)[O-])c1. The van der Waals surface area contributed by atoms with E-state index in [9.17, 15) is 20.2 Å². The fourth-order valence-electron chi connectivity index (χ4n) is 3.77. The number of non-ortho nitro benzene ring substituents is 1. The second-order valence-corrected chi connectivity index (χ2v) is 9.83. The van der Waals surface area contributed by atoms with Crippen molar-refractivity contribution in [2.45, 2.75) is 13.2 Å². The summed E-state index contributed by atoms with van der Waals surface area (Å²) in [5.41, 5.74) is 2.62. The topological polar surface area (TPSA) is 124 Å². The monoisotopic (exact) mass is 661 g/mol. The molecule has 1 N–H and O–H groups in total. The standard InChI is InChI=1S/C31H24IN3O6/c1-39-29-17-23(16-28(32)30(29)41-20-22-8-5-9-26(15-22)35(37)38)14-24(18-33)31(36)34-25-10-12-27(13-11-25)40-19-21-6-3-2-4-7-21/h2-17H,19-20H2,1H3,(H,34,36)/b24-14+. The van der Waals surface area contributed by atoms with Crippen LogP contribution < -0.4 is 19.5 Å². The average molecular weight is 661 g/mol. The van der Waals surface area contributed by atoms with E-state index in [0.29, 0.717) is 44.2 Å². The first-order valence-corrected chi connectivity index (χ1v) is 13.4. The summed E-state index contributed by atoms with van der Waals surface area (Å²) in [6.07, 6.45) is 1.46. The molecule has 41 heavy (non-hydrogen) atoms. The van der Waals surface area contributed by atoms with Gasteiger partial charge in [-0.1, -0.05) is 42.5 Å². The maximum atomic E-state index is 12.8. The highest BCUT2D eigenvalue weighted by Crippen LogP contribution is 2.35. The van der Waals surface area contributed by atoms with E-state index < -0.39 is 10.8 Å². The molecule has 9 nitrogen and oxygen atoms in total. The van der Waals surface area contributed by atoms with Gasteiger partial charge in [-0.15, -0.1) is 0 Å². The number of nitro groups is 1. The molecule has 0 bridgehead atoms. The van der Waals surface area contributed by atoms with E-state index in [4.69, 9.17) is 14.2 Å². The first-order chi connectivity index (χ1) is 19.9. The zero-order chi connectivity index (χ0) is 29.2. The van der Waals surface area contributed by atoms with Crippen LogP contribution in [0.5, 0.6) is 17.2 Å². The van der Waals surface area contributed by atoms with Gasteiger partial charge in [0.2, 0.25) is 0 Å². The number of hydrogen-bond donors (Lipinski definition) is 1. The van der Waals surface area contributed by atoms with Crippen LogP contribution in [0, 0.1) is 25.0 Å². The lowest BCUT2D eigenvalue weighted by molar-refractivity contribution is -0.384. The van der Waals surface area contributed by atoms with Gasteiger partial charge in [-0.3, -0.25) is 14.9 Å². The van der Waals surface area contributed by atoms with Gasteiger partial charge in [0.25, 0.3) is 11.6 Å². The van der Waals surface area contributed by atoms with Crippen molar-refractivity contribution in [3.05, 3.63) is 127 Å². The van der Waals surface area contributed by atoms with Crippen LogP contribution in [-0.4, -0.2) is 17.9 Å². The number of hydrogen-bond acceptors (Lipinski definition) is 7. The number of carbonyl (C=O) groups excluding carboxylic acids is 1. The number of carbonyl (C=O) groups is 1. The maximum Gasteiger partial charge on any atom is 0.269 e. The minimum absolute atomic E-state index is 0.0251. The number of benzene rings is 4. The number of nitrogens with zero attached hydrogens (tertiary/aromatic N) is 2. The lowest BCUT2D eigenvalue weighted by Crippen LogP contribution is -2.13. The molecular formula is C31H24IN3O6. The van der Waals surface area contributed by atoms with Crippen molar-refractivity contribution in [1.82, 2.24) is 0 Å². The first kappa shape index (κ1) is 29.1. The Morgan fingerprint density at radius 3 is 2.37 bits per heavy atom. The zero-order valence-electron chi connectivity index (χ0n) is 21.9. The van der Waals surface area contributed by atoms with Crippen molar-refractivity contribution in [2.24, 2.45) is 0 Å². The Bertz CT molecular complexity index is 1620. The van der Waals surface area contributed by atoms with Crippen molar-refractivity contribution < 1.29 is 23.9 Å². The van der Waals surface area contributed by atoms with Gasteiger partial charge in [0.1, 0.15) is 30.6 Å². The fourth-order valence-corrected chi connectivity index (χ4v) is 4.55. The van der Waals surface area contributed by atoms with Crippen molar-refractivity contribution in [3.8, 4) is 23.3 Å². The highest BCUT2D eigenvalue weighted by atomic mass is 127. The lowest BCUT2D eigenvalue weighted by Gasteiger charge is -2.14. The molecule has 0 heterocycles. The largest absolute Gasteiger partial charge is 0.493 e. The molecule has 206 valence electrons. The van der Waals surface area contributed by atoms with Crippen LogP contribution in [0.1, 0.15) is 16.7 Å². The first-order valence-electron chi connectivity index (χ1n) is 12.3. The molecule has 4 rings (SSSR count). The summed E-state index contributed by atoms with van der Waals surface area (Å²) >= 11 is 2.07. The van der Waals surface area contributed by atoms with Gasteiger partial charge in [0.15, 0.2) is 11.5 Å². The van der Waals surface area contributed by atoms with E-state index in [1.165, 1.54) is 25.3 Å². The van der Waals surface area contributed by atoms with Crippen molar-refractivity contribution >= 4 is 45.9 Å². The van der Waals surface area contributed by atoms with Gasteiger partial charge in [-0.25, -0.2) is 0 Å². The smallest absolute Gasteiger partial charge is 0.269 e. The Kier molecular flexibility index (Phi) is 9.90. The molecule has 0 aliphatic carbocycles. The minimum Gasteiger partial charge on any atom is -0.493 e. The molecule has 0 saturated heterocycles. The number of anilines is 1. The summed E-state index contributed by atoms with van der Waals surface area (Å²) in [6.45, 7) is 0.514. The maximum absolute atomic E-state index is 12.8. The van der Waals surface area contributed by atoms with Crippen LogP contribution in [-0.2, 0) is 18.0 Å². The predicted octanol–water partition coefficient (Wildman–Crippen LogP) is 6.91. The number of methoxy groups -OCH3 is 1. The van der Waals surface area contributed by atoms with Gasteiger partial charge in [-0.2, -0.15) is 5.26 Å². The molecule has 0 atom stereocenters. The third-order valence-corrected chi connectivity index (χ3v) is 6.59. The third-order valence-electron chi connectivity index (χ3n) is 5.79. The summed E-state index contributed by atoms with van der Waals surface area (Å²) in [5.74, 6) is 0.912. The van der Waals surface area contributed by atoms with Crippen LogP contribution >= 0.6 is 22.6 Å². The average Bonchev–Trinajstić information content (AvgIpc) is 2.99. The second kappa shape index (κ2) is 14.0. The van der Waals surface area contributed by atoms with Gasteiger partial charge in [0, 0.05) is 17.8 Å². The second-order valence-electron chi connectivity index (χ2n) is 8.67. The molecule has 0 aliphatic heterocycles. The van der Waals surface area contributed by atoms with E-state index in [2.05, 4.69) is 27.9 Å². The Balaban J connectivity index is 1.43. The molecule has 0 fully saturated rings. The highest BCUT2D eigenvalue weighted by Gasteiger charge is 2.15. The molecule has 0 saturated carbocycles. The molecule has 10 heteroatoms. The quantitative estimate of drug-likeness (QED) is 0.0609. The molecule has 0 unspecified atom stereocenters. The van der Waals surface area contributed by atoms with Crippen molar-refractivity contribution in [2.75, 3.05) is 12.4 Å². The van der Waals surface area contributed by atoms with Crippen LogP contribution in [0.4, 0.5) is 11.4 Å². The Labute approximate surface area is 250 Å². The normalized spacial score (nSPS) is 10.8. The van der Waals surface area contributed by atoms with Gasteiger partial charge in [-0.05, 0) is 81.8 Å². The highest BCUT2D eigenvalue weighted by molar-refractivity contribution is 14.1. The Morgan fingerprint density at radius 1 is 0.976 bits per heavy atom. The van der Waals surface area contributed by atoms with E-state index in [-0.39, 0.29) is 17.9 Å². The molecular weight excluding hydrogens is 637 g/mol. The zero-order valence-corrected chi connectivity index (χ0v) is 24.0. The van der Waals surface area contributed by atoms with Crippen LogP contribution in [0.3, 0.4) is 0 Å². The number of amides is 1. The Morgan fingerprint density at radius 2 is 1.68 bits per heavy atom. The Hall–Kier alpha value is -4.89. The summed E-state index contributed by atoms with van der Waals surface area (Å²) < 4.78 is 17.8. The van der Waals surface area contributed by atoms with E-state index in [1.807, 2.05) is 36.4 Å². The van der Waals surface area contributed by atoms with Gasteiger partial charge in [0.05, 0.1) is 15.6 Å². The third kappa shape index (κ3) is 8.06. The molecule has 0 radical (unpaired) electrons. The van der Waals surface area contributed by atoms with E-state index in [1.54, 1.807) is 48.5 Å². The van der Waals surface area contributed by atoms with Crippen molar-refractivity contribution in [1.29, 1.82) is 5.26 Å². The summed E-state index contributed by atoms with van der Waals surface area (Å²) in [4.78, 5) is 23.4. The lowest BCUT2D eigenvalue weighted by atomic mass is 10.1. The van der Waals surface area contributed by atoms with Crippen LogP contribution in [0.25, 0.3) is 6.08 Å². The van der Waals surface area contributed by atoms with E-state index >= 15 is 0 Å². The summed E-state index contributed by atoms with van der Waals surface area (Å²) in [5, 5.41) is 23.5. The molecule has 1 amide bonds. The van der Waals surface area contributed by atoms with Crippen LogP contribution in [0.2, 0.25) is 0 Å². The summed E-state index contributed by atoms with van der Waals surface area (Å²) in [7, 11) is 1.48. The number of rotatable bonds is 11. The molecule has 4 aromatic rings. The molecule has 0 spiro atoms. The number of nitriles is 1. The van der Waals surface area contributed by atoms with E-state index in [0.717, 1.165) is 5.56 Å². The number of nitro benzene ring substituents is 1.